The lowest BCUT2D eigenvalue weighted by Gasteiger charge is -2.28. The molecule has 0 amide bonds. The van der Waals surface area contributed by atoms with Crippen molar-refractivity contribution in [2.45, 2.75) is 50.0 Å². The monoisotopic (exact) mass is 368 g/mol. The molecular formula is C15H28O6S2. The molecule has 0 saturated carbocycles. The number of thiol groups is 2. The number of ether oxygens (including phenoxy) is 2. The van der Waals surface area contributed by atoms with E-state index < -0.39 is 30.6 Å². The molecule has 0 aromatic rings. The summed E-state index contributed by atoms with van der Waals surface area (Å²) >= 11 is 8.35. The normalized spacial score (nSPS) is 14.2. The van der Waals surface area contributed by atoms with Crippen LogP contribution in [0.1, 0.15) is 39.5 Å². The van der Waals surface area contributed by atoms with Crippen LogP contribution in [0.25, 0.3) is 0 Å². The molecule has 2 atom stereocenters. The molecule has 0 fully saturated rings. The van der Waals surface area contributed by atoms with Crippen molar-refractivity contribution < 1.29 is 29.3 Å². The van der Waals surface area contributed by atoms with Gasteiger partial charge in [0.05, 0.1) is 18.6 Å². The molecule has 0 radical (unpaired) electrons. The standard InChI is InChI=1S/C15H28O6S2/c1-11(22)3-5-13(18)20-9-15(7-16,8-17)10-21-14(19)6-4-12(2)23/h11-12,16-17,22-23H,3-10H2,1-2H3. The van der Waals surface area contributed by atoms with Crippen molar-refractivity contribution in [3.05, 3.63) is 0 Å². The summed E-state index contributed by atoms with van der Waals surface area (Å²) < 4.78 is 10.1. The van der Waals surface area contributed by atoms with E-state index in [0.717, 1.165) is 0 Å². The van der Waals surface area contributed by atoms with Crippen LogP contribution < -0.4 is 0 Å². The Bertz CT molecular complexity index is 326. The van der Waals surface area contributed by atoms with Gasteiger partial charge in [-0.2, -0.15) is 25.3 Å². The van der Waals surface area contributed by atoms with E-state index in [-0.39, 0.29) is 36.6 Å². The summed E-state index contributed by atoms with van der Waals surface area (Å²) in [6.07, 6.45) is 1.56. The van der Waals surface area contributed by atoms with Crippen LogP contribution >= 0.6 is 25.3 Å². The van der Waals surface area contributed by atoms with E-state index >= 15 is 0 Å². The fraction of sp³-hybridized carbons (Fsp3) is 0.867. The van der Waals surface area contributed by atoms with Crippen molar-refractivity contribution in [2.24, 2.45) is 5.41 Å². The van der Waals surface area contributed by atoms with Gasteiger partial charge in [-0.1, -0.05) is 13.8 Å². The summed E-state index contributed by atoms with van der Waals surface area (Å²) in [5.74, 6) is -0.875. The molecule has 2 unspecified atom stereocenters. The number of hydrogen-bond donors (Lipinski definition) is 4. The molecule has 0 aromatic carbocycles. The van der Waals surface area contributed by atoms with Gasteiger partial charge in [0.2, 0.25) is 0 Å². The number of aliphatic hydroxyl groups excluding tert-OH is 2. The minimum Gasteiger partial charge on any atom is -0.465 e. The molecule has 136 valence electrons. The second kappa shape index (κ2) is 12.0. The molecule has 0 spiro atoms. The molecule has 8 heteroatoms. The molecule has 0 aromatic heterocycles. The molecular weight excluding hydrogens is 340 g/mol. The molecule has 0 bridgehead atoms. The van der Waals surface area contributed by atoms with Gasteiger partial charge in [-0.3, -0.25) is 9.59 Å². The Morgan fingerprint density at radius 1 is 0.913 bits per heavy atom. The van der Waals surface area contributed by atoms with E-state index in [1.54, 1.807) is 0 Å². The molecule has 2 N–H and O–H groups in total. The van der Waals surface area contributed by atoms with Crippen LogP contribution in [0.4, 0.5) is 0 Å². The smallest absolute Gasteiger partial charge is 0.305 e. The zero-order valence-corrected chi connectivity index (χ0v) is 15.5. The van der Waals surface area contributed by atoms with Crippen molar-refractivity contribution in [3.63, 3.8) is 0 Å². The predicted octanol–water partition coefficient (Wildman–Crippen LogP) is 1.24. The molecule has 0 aliphatic carbocycles. The first-order valence-corrected chi connectivity index (χ1v) is 8.67. The first kappa shape index (κ1) is 22.6. The van der Waals surface area contributed by atoms with Gasteiger partial charge in [0.15, 0.2) is 0 Å². The third kappa shape index (κ3) is 10.9. The highest BCUT2D eigenvalue weighted by molar-refractivity contribution is 7.81. The van der Waals surface area contributed by atoms with Crippen molar-refractivity contribution in [3.8, 4) is 0 Å². The van der Waals surface area contributed by atoms with Gasteiger partial charge in [0, 0.05) is 12.8 Å². The van der Waals surface area contributed by atoms with Crippen LogP contribution in [0.15, 0.2) is 0 Å². The minimum absolute atomic E-state index is 0.0816. The van der Waals surface area contributed by atoms with Crippen molar-refractivity contribution in [1.29, 1.82) is 0 Å². The van der Waals surface area contributed by atoms with E-state index in [4.69, 9.17) is 9.47 Å². The van der Waals surface area contributed by atoms with Crippen LogP contribution in [0, 0.1) is 5.41 Å². The van der Waals surface area contributed by atoms with Gasteiger partial charge in [0.25, 0.3) is 0 Å². The van der Waals surface area contributed by atoms with E-state index in [1.165, 1.54) is 0 Å². The Morgan fingerprint density at radius 3 is 1.52 bits per heavy atom. The second-order valence-electron chi connectivity index (χ2n) is 5.91. The van der Waals surface area contributed by atoms with E-state index in [9.17, 15) is 19.8 Å². The third-order valence-electron chi connectivity index (χ3n) is 3.28. The number of carbonyl (C=O) groups is 2. The average molecular weight is 369 g/mol. The maximum atomic E-state index is 11.6. The first-order valence-electron chi connectivity index (χ1n) is 7.64. The SMILES string of the molecule is CC(S)CCC(=O)OCC(CO)(CO)COC(=O)CCC(C)S. The molecule has 0 heterocycles. The van der Waals surface area contributed by atoms with E-state index in [2.05, 4.69) is 25.3 Å². The van der Waals surface area contributed by atoms with E-state index in [1.807, 2.05) is 13.8 Å². The highest BCUT2D eigenvalue weighted by Gasteiger charge is 2.33. The lowest BCUT2D eigenvalue weighted by Crippen LogP contribution is -2.41. The van der Waals surface area contributed by atoms with Crippen LogP contribution in [0.3, 0.4) is 0 Å². The molecule has 0 aliphatic rings. The summed E-state index contributed by atoms with van der Waals surface area (Å²) in [6, 6.07) is 0. The highest BCUT2D eigenvalue weighted by Crippen LogP contribution is 2.19. The van der Waals surface area contributed by atoms with E-state index in [0.29, 0.717) is 12.8 Å². The van der Waals surface area contributed by atoms with Crippen molar-refractivity contribution in [1.82, 2.24) is 0 Å². The summed E-state index contributed by atoms with van der Waals surface area (Å²) in [5, 5.41) is 19.1. The summed E-state index contributed by atoms with van der Waals surface area (Å²) in [7, 11) is 0. The largest absolute Gasteiger partial charge is 0.465 e. The lowest BCUT2D eigenvalue weighted by atomic mass is 9.92. The highest BCUT2D eigenvalue weighted by atomic mass is 32.1. The fourth-order valence-electron chi connectivity index (χ4n) is 1.54. The maximum Gasteiger partial charge on any atom is 0.305 e. The molecule has 0 saturated heterocycles. The predicted molar refractivity (Wildman–Crippen MR) is 93.9 cm³/mol. The Labute approximate surface area is 148 Å². The molecule has 6 nitrogen and oxygen atoms in total. The zero-order chi connectivity index (χ0) is 17.9. The van der Waals surface area contributed by atoms with Gasteiger partial charge in [-0.05, 0) is 23.3 Å². The minimum atomic E-state index is -1.19. The number of hydrogen-bond acceptors (Lipinski definition) is 8. The summed E-state index contributed by atoms with van der Waals surface area (Å²) in [4.78, 5) is 23.2. The van der Waals surface area contributed by atoms with Gasteiger partial charge >= 0.3 is 11.9 Å². The third-order valence-corrected chi connectivity index (χ3v) is 3.80. The Hall–Kier alpha value is -0.440. The number of carbonyl (C=O) groups excluding carboxylic acids is 2. The van der Waals surface area contributed by atoms with Crippen LogP contribution in [-0.2, 0) is 19.1 Å². The number of rotatable bonds is 12. The molecule has 0 aliphatic heterocycles. The first-order chi connectivity index (χ1) is 10.7. The van der Waals surface area contributed by atoms with Gasteiger partial charge in [-0.25, -0.2) is 0 Å². The average Bonchev–Trinajstić information content (AvgIpc) is 2.51. The van der Waals surface area contributed by atoms with Crippen molar-refractivity contribution >= 4 is 37.2 Å². The lowest BCUT2D eigenvalue weighted by molar-refractivity contribution is -0.159. The summed E-state index contributed by atoms with van der Waals surface area (Å²) in [6.45, 7) is 2.39. The Morgan fingerprint density at radius 2 is 1.26 bits per heavy atom. The molecule has 23 heavy (non-hydrogen) atoms. The topological polar surface area (TPSA) is 93.1 Å². The number of esters is 2. The van der Waals surface area contributed by atoms with Gasteiger partial charge in [-0.15, -0.1) is 0 Å². The zero-order valence-electron chi connectivity index (χ0n) is 13.7. The summed E-state index contributed by atoms with van der Waals surface area (Å²) in [5.41, 5.74) is -1.19. The van der Waals surface area contributed by atoms with Crippen LogP contribution in [-0.4, -0.2) is 59.1 Å². The molecule has 0 rings (SSSR count). The fourth-order valence-corrected chi connectivity index (χ4v) is 1.80. The van der Waals surface area contributed by atoms with Crippen molar-refractivity contribution in [2.75, 3.05) is 26.4 Å². The second-order valence-corrected chi connectivity index (χ2v) is 7.68. The van der Waals surface area contributed by atoms with Gasteiger partial charge in [0.1, 0.15) is 13.2 Å². The van der Waals surface area contributed by atoms with Gasteiger partial charge < -0.3 is 19.7 Å². The quantitative estimate of drug-likeness (QED) is 0.306. The van der Waals surface area contributed by atoms with Crippen LogP contribution in [0.2, 0.25) is 0 Å². The number of aliphatic hydroxyl groups is 2. The Balaban J connectivity index is 4.33. The Kier molecular flexibility index (Phi) is 11.8. The maximum absolute atomic E-state index is 11.6. The van der Waals surface area contributed by atoms with Crippen LogP contribution in [0.5, 0.6) is 0 Å².